The van der Waals surface area contributed by atoms with Gasteiger partial charge in [0, 0.05) is 11.1 Å². The van der Waals surface area contributed by atoms with Crippen LogP contribution in [0.2, 0.25) is 5.02 Å². The van der Waals surface area contributed by atoms with Crippen molar-refractivity contribution in [1.82, 2.24) is 0 Å². The van der Waals surface area contributed by atoms with Crippen LogP contribution >= 0.6 is 23.4 Å². The highest BCUT2D eigenvalue weighted by molar-refractivity contribution is 7.99. The first kappa shape index (κ1) is 26.4. The van der Waals surface area contributed by atoms with Crippen LogP contribution in [0, 0.1) is 17.5 Å². The maximum Gasteiger partial charge on any atom is 0.264 e. The van der Waals surface area contributed by atoms with E-state index in [1.165, 1.54) is 42.5 Å². The van der Waals surface area contributed by atoms with Gasteiger partial charge in [0.05, 0.1) is 16.6 Å². The molecule has 0 saturated carbocycles. The van der Waals surface area contributed by atoms with E-state index in [1.54, 1.807) is 18.7 Å². The van der Waals surface area contributed by atoms with Gasteiger partial charge in [-0.25, -0.2) is 21.6 Å². The summed E-state index contributed by atoms with van der Waals surface area (Å²) < 4.78 is 71.4. The Bertz CT molecular complexity index is 1240. The summed E-state index contributed by atoms with van der Waals surface area (Å²) in [6, 6.07) is 11.3. The van der Waals surface area contributed by atoms with Crippen molar-refractivity contribution in [2.45, 2.75) is 37.6 Å². The molecule has 0 heterocycles. The monoisotopic (exact) mass is 527 g/mol. The summed E-state index contributed by atoms with van der Waals surface area (Å²) in [7, 11) is -4.34. The zero-order valence-corrected chi connectivity index (χ0v) is 21.2. The van der Waals surface area contributed by atoms with Crippen LogP contribution in [0.1, 0.15) is 37.4 Å². The van der Waals surface area contributed by atoms with E-state index in [1.807, 2.05) is 6.92 Å². The fourth-order valence-electron chi connectivity index (χ4n) is 3.75. The SMILES string of the molecule is CCSCCCc1cc(F)ccc1[C@@H](C)N(c1cc(F)ccc1F)S(=O)(=O)c1ccc(Cl)cc1. The highest BCUT2D eigenvalue weighted by Crippen LogP contribution is 2.37. The van der Waals surface area contributed by atoms with Gasteiger partial charge in [0.25, 0.3) is 10.0 Å². The topological polar surface area (TPSA) is 37.4 Å². The molecule has 0 saturated heterocycles. The van der Waals surface area contributed by atoms with Gasteiger partial charge in [-0.3, -0.25) is 4.31 Å². The Morgan fingerprint density at radius 1 is 0.971 bits per heavy atom. The van der Waals surface area contributed by atoms with Crippen LogP contribution in [-0.2, 0) is 16.4 Å². The van der Waals surface area contributed by atoms with Gasteiger partial charge in [-0.05, 0) is 90.9 Å². The predicted molar refractivity (Wildman–Crippen MR) is 134 cm³/mol. The number of halogens is 4. The van der Waals surface area contributed by atoms with E-state index in [0.717, 1.165) is 40.4 Å². The maximum absolute atomic E-state index is 14.9. The van der Waals surface area contributed by atoms with Crippen molar-refractivity contribution in [2.75, 3.05) is 15.8 Å². The lowest BCUT2D eigenvalue weighted by Gasteiger charge is -2.32. The minimum absolute atomic E-state index is 0.129. The third-order valence-corrected chi connectivity index (χ3v) is 8.50. The summed E-state index contributed by atoms with van der Waals surface area (Å²) in [5.74, 6) is -0.299. The molecule has 0 unspecified atom stereocenters. The standard InChI is InChI=1S/C25H25ClF3NO2S2/c1-3-33-14-4-5-18-15-20(27)8-12-23(18)17(2)30(25-16-21(28)9-13-24(25)29)34(31,32)22-10-6-19(26)7-11-22/h6-13,15-17H,3-5,14H2,1-2H3/t17-/m1/s1. The summed E-state index contributed by atoms with van der Waals surface area (Å²) in [4.78, 5) is -0.129. The number of benzene rings is 3. The Kier molecular flexibility index (Phi) is 8.95. The van der Waals surface area contributed by atoms with Gasteiger partial charge in [-0.1, -0.05) is 24.6 Å². The number of aryl methyl sites for hydroxylation is 1. The number of nitrogens with zero attached hydrogens (tertiary/aromatic N) is 1. The van der Waals surface area contributed by atoms with Gasteiger partial charge in [-0.15, -0.1) is 0 Å². The molecule has 182 valence electrons. The Morgan fingerprint density at radius 3 is 2.29 bits per heavy atom. The highest BCUT2D eigenvalue weighted by Gasteiger charge is 2.33. The van der Waals surface area contributed by atoms with Gasteiger partial charge >= 0.3 is 0 Å². The van der Waals surface area contributed by atoms with Crippen LogP contribution in [-0.4, -0.2) is 19.9 Å². The summed E-state index contributed by atoms with van der Waals surface area (Å²) in [5, 5.41) is 0.334. The van der Waals surface area contributed by atoms with Crippen molar-refractivity contribution in [3.8, 4) is 0 Å². The molecule has 0 aliphatic rings. The number of hydrogen-bond acceptors (Lipinski definition) is 3. The van der Waals surface area contributed by atoms with Crippen LogP contribution in [0.4, 0.5) is 18.9 Å². The van der Waals surface area contributed by atoms with E-state index in [4.69, 9.17) is 11.6 Å². The van der Waals surface area contributed by atoms with Crippen LogP contribution in [0.3, 0.4) is 0 Å². The lowest BCUT2D eigenvalue weighted by Crippen LogP contribution is -2.35. The fourth-order valence-corrected chi connectivity index (χ4v) is 6.15. The second-order valence-electron chi connectivity index (χ2n) is 7.67. The zero-order valence-electron chi connectivity index (χ0n) is 18.8. The van der Waals surface area contributed by atoms with E-state index < -0.39 is 39.2 Å². The maximum atomic E-state index is 14.9. The van der Waals surface area contributed by atoms with Crippen molar-refractivity contribution < 1.29 is 21.6 Å². The van der Waals surface area contributed by atoms with Crippen molar-refractivity contribution in [3.63, 3.8) is 0 Å². The molecule has 0 bridgehead atoms. The molecule has 0 amide bonds. The molecule has 0 aliphatic carbocycles. The normalized spacial score (nSPS) is 12.5. The third kappa shape index (κ3) is 6.09. The molecule has 0 radical (unpaired) electrons. The number of thioether (sulfide) groups is 1. The van der Waals surface area contributed by atoms with E-state index in [0.29, 0.717) is 22.6 Å². The van der Waals surface area contributed by atoms with E-state index in [2.05, 4.69) is 0 Å². The first-order valence-electron chi connectivity index (χ1n) is 10.8. The van der Waals surface area contributed by atoms with Crippen molar-refractivity contribution in [3.05, 3.63) is 94.3 Å². The van der Waals surface area contributed by atoms with Crippen LogP contribution in [0.5, 0.6) is 0 Å². The average molecular weight is 528 g/mol. The molecule has 3 nitrogen and oxygen atoms in total. The second-order valence-corrected chi connectivity index (χ2v) is 11.3. The van der Waals surface area contributed by atoms with Crippen LogP contribution < -0.4 is 4.31 Å². The van der Waals surface area contributed by atoms with Crippen LogP contribution in [0.15, 0.2) is 65.6 Å². The van der Waals surface area contributed by atoms with Crippen molar-refractivity contribution in [1.29, 1.82) is 0 Å². The summed E-state index contributed by atoms with van der Waals surface area (Å²) in [5.41, 5.74) is 0.709. The molecule has 0 aliphatic heterocycles. The van der Waals surface area contributed by atoms with E-state index in [-0.39, 0.29) is 4.90 Å². The molecule has 0 aromatic heterocycles. The smallest absolute Gasteiger partial charge is 0.256 e. The van der Waals surface area contributed by atoms with Gasteiger partial charge in [-0.2, -0.15) is 11.8 Å². The molecule has 1 atom stereocenters. The van der Waals surface area contributed by atoms with Gasteiger partial charge < -0.3 is 0 Å². The molecule has 3 aromatic carbocycles. The first-order valence-corrected chi connectivity index (χ1v) is 13.7. The van der Waals surface area contributed by atoms with Gasteiger partial charge in [0.15, 0.2) is 0 Å². The second kappa shape index (κ2) is 11.5. The summed E-state index contributed by atoms with van der Waals surface area (Å²) in [6.45, 7) is 3.63. The van der Waals surface area contributed by atoms with Crippen molar-refractivity contribution >= 4 is 39.1 Å². The minimum Gasteiger partial charge on any atom is -0.256 e. The fraction of sp³-hybridized carbons (Fsp3) is 0.280. The van der Waals surface area contributed by atoms with Crippen LogP contribution in [0.25, 0.3) is 0 Å². The molecule has 9 heteroatoms. The number of sulfonamides is 1. The summed E-state index contributed by atoms with van der Waals surface area (Å²) >= 11 is 7.67. The lowest BCUT2D eigenvalue weighted by atomic mass is 9.97. The van der Waals surface area contributed by atoms with E-state index in [9.17, 15) is 21.6 Å². The molecule has 3 rings (SSSR count). The largest absolute Gasteiger partial charge is 0.264 e. The average Bonchev–Trinajstić information content (AvgIpc) is 2.79. The molecule has 0 spiro atoms. The third-order valence-electron chi connectivity index (χ3n) is 5.36. The van der Waals surface area contributed by atoms with E-state index >= 15 is 0 Å². The number of anilines is 1. The Morgan fingerprint density at radius 2 is 1.62 bits per heavy atom. The molecule has 3 aromatic rings. The van der Waals surface area contributed by atoms with Gasteiger partial charge in [0.2, 0.25) is 0 Å². The summed E-state index contributed by atoms with van der Waals surface area (Å²) in [6.07, 6.45) is 1.28. The Hall–Kier alpha value is -2.16. The Balaban J connectivity index is 2.14. The highest BCUT2D eigenvalue weighted by atomic mass is 35.5. The zero-order chi connectivity index (χ0) is 24.9. The molecule has 0 N–H and O–H groups in total. The van der Waals surface area contributed by atoms with Crippen molar-refractivity contribution in [2.24, 2.45) is 0 Å². The quantitative estimate of drug-likeness (QED) is 0.258. The number of hydrogen-bond donors (Lipinski definition) is 0. The molecular formula is C25H25ClF3NO2S2. The lowest BCUT2D eigenvalue weighted by molar-refractivity contribution is 0.569. The predicted octanol–water partition coefficient (Wildman–Crippen LogP) is 7.40. The Labute approximate surface area is 208 Å². The number of rotatable bonds is 10. The van der Waals surface area contributed by atoms with Gasteiger partial charge in [0.1, 0.15) is 17.5 Å². The first-order chi connectivity index (χ1) is 16.1. The molecular weight excluding hydrogens is 503 g/mol. The minimum atomic E-state index is -4.34. The molecule has 0 fully saturated rings. The molecule has 34 heavy (non-hydrogen) atoms.